The van der Waals surface area contributed by atoms with Gasteiger partial charge in [-0.1, -0.05) is 0 Å². The van der Waals surface area contributed by atoms with Crippen molar-refractivity contribution in [1.82, 2.24) is 14.9 Å². The van der Waals surface area contributed by atoms with Crippen LogP contribution in [-0.4, -0.2) is 35.4 Å². The van der Waals surface area contributed by atoms with Gasteiger partial charge in [0, 0.05) is 38.5 Å². The van der Waals surface area contributed by atoms with E-state index in [2.05, 4.69) is 21.9 Å². The molecule has 2 rings (SSSR count). The van der Waals surface area contributed by atoms with Gasteiger partial charge in [-0.2, -0.15) is 0 Å². The van der Waals surface area contributed by atoms with Gasteiger partial charge in [-0.25, -0.2) is 4.98 Å². The molecule has 1 aromatic heterocycles. The molecular formula is C14H25N3O. The zero-order valence-corrected chi connectivity index (χ0v) is 11.6. The van der Waals surface area contributed by atoms with Gasteiger partial charge in [0.2, 0.25) is 0 Å². The predicted molar refractivity (Wildman–Crippen MR) is 72.6 cm³/mol. The van der Waals surface area contributed by atoms with E-state index in [4.69, 9.17) is 4.74 Å². The first-order valence-electron chi connectivity index (χ1n) is 7.04. The lowest BCUT2D eigenvalue weighted by Gasteiger charge is -2.24. The molecule has 0 saturated carbocycles. The van der Waals surface area contributed by atoms with Crippen LogP contribution in [0.2, 0.25) is 0 Å². The number of aryl methyl sites for hydroxylation is 1. The Labute approximate surface area is 110 Å². The summed E-state index contributed by atoms with van der Waals surface area (Å²) in [5, 5.41) is 3.40. The van der Waals surface area contributed by atoms with Gasteiger partial charge in [-0.15, -0.1) is 0 Å². The van der Waals surface area contributed by atoms with Gasteiger partial charge in [0.15, 0.2) is 0 Å². The van der Waals surface area contributed by atoms with Crippen molar-refractivity contribution in [3.05, 3.63) is 18.2 Å². The first-order chi connectivity index (χ1) is 8.79. The van der Waals surface area contributed by atoms with Gasteiger partial charge in [0.25, 0.3) is 0 Å². The van der Waals surface area contributed by atoms with E-state index >= 15 is 0 Å². The summed E-state index contributed by atoms with van der Waals surface area (Å²) in [6.07, 6.45) is 11.5. The second-order valence-corrected chi connectivity index (χ2v) is 5.21. The third kappa shape index (κ3) is 3.82. The minimum Gasteiger partial charge on any atom is -0.378 e. The normalized spacial score (nSPS) is 22.0. The summed E-state index contributed by atoms with van der Waals surface area (Å²) in [6.45, 7) is 0.953. The van der Waals surface area contributed by atoms with Crippen molar-refractivity contribution in [3.63, 3.8) is 0 Å². The highest BCUT2D eigenvalue weighted by Gasteiger charge is 2.17. The molecule has 0 bridgehead atoms. The van der Waals surface area contributed by atoms with Crippen molar-refractivity contribution in [2.24, 2.45) is 7.05 Å². The zero-order valence-electron chi connectivity index (χ0n) is 11.6. The Morgan fingerprint density at radius 1 is 1.56 bits per heavy atom. The fourth-order valence-electron chi connectivity index (χ4n) is 2.58. The maximum absolute atomic E-state index is 5.78. The number of rotatable bonds is 6. The first-order valence-corrected chi connectivity index (χ1v) is 7.04. The highest BCUT2D eigenvalue weighted by atomic mass is 16.5. The third-order valence-corrected chi connectivity index (χ3v) is 3.87. The second kappa shape index (κ2) is 6.90. The third-order valence-electron chi connectivity index (χ3n) is 3.87. The quantitative estimate of drug-likeness (QED) is 0.839. The van der Waals surface area contributed by atoms with Crippen LogP contribution in [0.3, 0.4) is 0 Å². The summed E-state index contributed by atoms with van der Waals surface area (Å²) in [5.41, 5.74) is 0. The standard InChI is InChI=1S/C14H25N3O/c1-15-12(11-14-16-8-9-17(14)2)6-7-13-5-3-4-10-18-13/h8-9,12-13,15H,3-7,10-11H2,1-2H3. The van der Waals surface area contributed by atoms with E-state index in [9.17, 15) is 0 Å². The van der Waals surface area contributed by atoms with E-state index < -0.39 is 0 Å². The first kappa shape index (κ1) is 13.6. The van der Waals surface area contributed by atoms with Crippen LogP contribution in [0.5, 0.6) is 0 Å². The fraction of sp³-hybridized carbons (Fsp3) is 0.786. The molecule has 0 spiro atoms. The van der Waals surface area contributed by atoms with Crippen LogP contribution in [0, 0.1) is 0 Å². The number of hydrogen-bond donors (Lipinski definition) is 1. The topological polar surface area (TPSA) is 39.1 Å². The Balaban J connectivity index is 1.76. The van der Waals surface area contributed by atoms with Crippen LogP contribution in [0.4, 0.5) is 0 Å². The van der Waals surface area contributed by atoms with Crippen LogP contribution >= 0.6 is 0 Å². The second-order valence-electron chi connectivity index (χ2n) is 5.21. The Morgan fingerprint density at radius 2 is 2.44 bits per heavy atom. The molecule has 102 valence electrons. The molecule has 0 aliphatic carbocycles. The molecule has 1 N–H and O–H groups in total. The van der Waals surface area contributed by atoms with Crippen molar-refractivity contribution < 1.29 is 4.74 Å². The Hall–Kier alpha value is -0.870. The van der Waals surface area contributed by atoms with E-state index in [0.717, 1.165) is 31.7 Å². The minimum atomic E-state index is 0.482. The molecule has 0 aromatic carbocycles. The number of nitrogens with one attached hydrogen (secondary N) is 1. The van der Waals surface area contributed by atoms with Gasteiger partial charge in [-0.3, -0.25) is 0 Å². The largest absolute Gasteiger partial charge is 0.378 e. The van der Waals surface area contributed by atoms with E-state index in [1.807, 2.05) is 19.4 Å². The molecule has 18 heavy (non-hydrogen) atoms. The van der Waals surface area contributed by atoms with Crippen LogP contribution < -0.4 is 5.32 Å². The van der Waals surface area contributed by atoms with E-state index in [1.165, 1.54) is 19.3 Å². The highest BCUT2D eigenvalue weighted by molar-refractivity contribution is 4.94. The Bertz CT molecular complexity index is 345. The monoisotopic (exact) mass is 251 g/mol. The SMILES string of the molecule is CNC(CCC1CCCCO1)Cc1nccn1C. The minimum absolute atomic E-state index is 0.482. The molecule has 2 atom stereocenters. The molecule has 4 heteroatoms. The molecule has 2 unspecified atom stereocenters. The summed E-state index contributed by atoms with van der Waals surface area (Å²) in [5.74, 6) is 1.15. The summed E-state index contributed by atoms with van der Waals surface area (Å²) in [7, 11) is 4.09. The van der Waals surface area contributed by atoms with Gasteiger partial charge < -0.3 is 14.6 Å². The van der Waals surface area contributed by atoms with Crippen LogP contribution in [-0.2, 0) is 18.2 Å². The molecule has 1 aromatic rings. The van der Waals surface area contributed by atoms with E-state index in [-0.39, 0.29) is 0 Å². The number of imidazole rings is 1. The van der Waals surface area contributed by atoms with Crippen LogP contribution in [0.25, 0.3) is 0 Å². The summed E-state index contributed by atoms with van der Waals surface area (Å²) < 4.78 is 7.88. The number of ether oxygens (including phenoxy) is 1. The van der Waals surface area contributed by atoms with Crippen molar-refractivity contribution >= 4 is 0 Å². The number of aromatic nitrogens is 2. The number of likely N-dealkylation sites (N-methyl/N-ethyl adjacent to an activating group) is 1. The molecule has 1 aliphatic heterocycles. The molecule has 1 saturated heterocycles. The van der Waals surface area contributed by atoms with Gasteiger partial charge in [0.1, 0.15) is 5.82 Å². The zero-order chi connectivity index (χ0) is 12.8. The van der Waals surface area contributed by atoms with Crippen molar-refractivity contribution in [2.45, 2.75) is 50.7 Å². The van der Waals surface area contributed by atoms with E-state index in [0.29, 0.717) is 12.1 Å². The van der Waals surface area contributed by atoms with Gasteiger partial charge in [-0.05, 0) is 39.2 Å². The van der Waals surface area contributed by atoms with Crippen LogP contribution in [0.1, 0.15) is 37.9 Å². The fourth-order valence-corrected chi connectivity index (χ4v) is 2.58. The highest BCUT2D eigenvalue weighted by Crippen LogP contribution is 2.18. The average Bonchev–Trinajstić information content (AvgIpc) is 2.81. The Kier molecular flexibility index (Phi) is 5.20. The van der Waals surface area contributed by atoms with Crippen molar-refractivity contribution in [3.8, 4) is 0 Å². The summed E-state index contributed by atoms with van der Waals surface area (Å²) >= 11 is 0. The molecular weight excluding hydrogens is 226 g/mol. The maximum atomic E-state index is 5.78. The molecule has 0 amide bonds. The average molecular weight is 251 g/mol. The molecule has 0 radical (unpaired) electrons. The summed E-state index contributed by atoms with van der Waals surface area (Å²) in [6, 6.07) is 0.497. The number of hydrogen-bond acceptors (Lipinski definition) is 3. The van der Waals surface area contributed by atoms with Gasteiger partial charge >= 0.3 is 0 Å². The van der Waals surface area contributed by atoms with Gasteiger partial charge in [0.05, 0.1) is 6.10 Å². The molecule has 4 nitrogen and oxygen atoms in total. The summed E-state index contributed by atoms with van der Waals surface area (Å²) in [4.78, 5) is 4.39. The maximum Gasteiger partial charge on any atom is 0.109 e. The lowest BCUT2D eigenvalue weighted by Crippen LogP contribution is -2.31. The van der Waals surface area contributed by atoms with E-state index in [1.54, 1.807) is 0 Å². The molecule has 1 fully saturated rings. The van der Waals surface area contributed by atoms with Crippen molar-refractivity contribution in [1.29, 1.82) is 0 Å². The molecule has 2 heterocycles. The molecule has 1 aliphatic rings. The van der Waals surface area contributed by atoms with Crippen LogP contribution in [0.15, 0.2) is 12.4 Å². The smallest absolute Gasteiger partial charge is 0.109 e. The lowest BCUT2D eigenvalue weighted by molar-refractivity contribution is 0.00866. The predicted octanol–water partition coefficient (Wildman–Crippen LogP) is 1.90. The number of nitrogens with zero attached hydrogens (tertiary/aromatic N) is 2. The van der Waals surface area contributed by atoms with Crippen molar-refractivity contribution in [2.75, 3.05) is 13.7 Å². The Morgan fingerprint density at radius 3 is 3.06 bits per heavy atom. The lowest BCUT2D eigenvalue weighted by atomic mass is 10.00.